The summed E-state index contributed by atoms with van der Waals surface area (Å²) in [5, 5.41) is 13.7. The zero-order chi connectivity index (χ0) is 6.97. The molecule has 0 saturated heterocycles. The van der Waals surface area contributed by atoms with Crippen molar-refractivity contribution < 1.29 is 5.11 Å². The zero-order valence-electron chi connectivity index (χ0n) is 5.24. The van der Waals surface area contributed by atoms with Gasteiger partial charge in [-0.3, -0.25) is 0 Å². The van der Waals surface area contributed by atoms with Gasteiger partial charge < -0.3 is 5.11 Å². The Bertz CT molecular complexity index is 351. The van der Waals surface area contributed by atoms with Gasteiger partial charge in [0, 0.05) is 10.8 Å². The Morgan fingerprint density at radius 3 is 2.80 bits per heavy atom. The molecule has 1 aromatic carbocycles. The number of thiophene rings is 1. The van der Waals surface area contributed by atoms with E-state index >= 15 is 0 Å². The van der Waals surface area contributed by atoms with Crippen molar-refractivity contribution in [2.24, 2.45) is 0 Å². The van der Waals surface area contributed by atoms with E-state index in [9.17, 15) is 5.11 Å². The van der Waals surface area contributed by atoms with Crippen molar-refractivity contribution in [1.29, 1.82) is 0 Å². The van der Waals surface area contributed by atoms with Crippen molar-refractivity contribution in [2.45, 2.75) is 0 Å². The lowest BCUT2D eigenvalue weighted by Crippen LogP contribution is -1.60. The van der Waals surface area contributed by atoms with Gasteiger partial charge in [-0.1, -0.05) is 18.2 Å². The van der Waals surface area contributed by atoms with Gasteiger partial charge >= 0.3 is 0 Å². The van der Waals surface area contributed by atoms with Gasteiger partial charge in [-0.25, -0.2) is 0 Å². The lowest BCUT2D eigenvalue weighted by molar-refractivity contribution is 0.496. The second kappa shape index (κ2) is 1.99. The molecule has 0 aliphatic heterocycles. The minimum Gasteiger partial charge on any atom is -0.499 e. The molecule has 0 radical (unpaired) electrons. The van der Waals surface area contributed by atoms with Crippen molar-refractivity contribution >= 4 is 22.1 Å². The van der Waals surface area contributed by atoms with Crippen LogP contribution >= 0.6 is 11.3 Å². The number of hydrogen-bond donors (Lipinski definition) is 1. The van der Waals surface area contributed by atoms with E-state index in [-0.39, 0.29) is 0 Å². The van der Waals surface area contributed by atoms with Gasteiger partial charge in [0.05, 0.1) is 0 Å². The second-order valence-corrected chi connectivity index (χ2v) is 2.99. The number of benzene rings is 1. The summed E-state index contributed by atoms with van der Waals surface area (Å²) in [5.41, 5.74) is 0. The van der Waals surface area contributed by atoms with E-state index in [1.165, 1.54) is 11.3 Å². The molecular weight excluding hydrogens is 144 g/mol. The van der Waals surface area contributed by atoms with E-state index in [0.717, 1.165) is 10.8 Å². The highest BCUT2D eigenvalue weighted by Crippen LogP contribution is 2.30. The van der Waals surface area contributed by atoms with Crippen molar-refractivity contribution in [3.05, 3.63) is 29.6 Å². The first-order valence-electron chi connectivity index (χ1n) is 3.03. The first kappa shape index (κ1) is 5.74. The maximum Gasteiger partial charge on any atom is 0.179 e. The minimum absolute atomic E-state index is 0.413. The molecule has 0 amide bonds. The fourth-order valence-electron chi connectivity index (χ4n) is 0.977. The smallest absolute Gasteiger partial charge is 0.179 e. The quantitative estimate of drug-likeness (QED) is 0.612. The molecule has 1 aromatic heterocycles. The fraction of sp³-hybridized carbons (Fsp3) is 0. The largest absolute Gasteiger partial charge is 0.499 e. The number of aromatic hydroxyl groups is 1. The molecule has 2 rings (SSSR count). The van der Waals surface area contributed by atoms with Crippen LogP contribution < -0.4 is 0 Å². The van der Waals surface area contributed by atoms with E-state index in [1.807, 2.05) is 29.6 Å². The molecule has 2 aromatic rings. The van der Waals surface area contributed by atoms with Gasteiger partial charge in [-0.15, -0.1) is 11.3 Å². The standard InChI is InChI=1S/C8H6OS/c9-8-7-4-2-1-3-6(7)5-10-8/h1-5,9H. The Morgan fingerprint density at radius 2 is 2.00 bits per heavy atom. The molecule has 1 heterocycles. The van der Waals surface area contributed by atoms with Gasteiger partial charge in [0.15, 0.2) is 5.06 Å². The molecule has 0 fully saturated rings. The molecule has 0 spiro atoms. The average Bonchev–Trinajstić information content (AvgIpc) is 2.34. The van der Waals surface area contributed by atoms with Crippen molar-refractivity contribution in [3.8, 4) is 5.06 Å². The van der Waals surface area contributed by atoms with Crippen LogP contribution in [0.3, 0.4) is 0 Å². The predicted octanol–water partition coefficient (Wildman–Crippen LogP) is 2.61. The molecule has 0 aliphatic carbocycles. The van der Waals surface area contributed by atoms with Crippen molar-refractivity contribution in [1.82, 2.24) is 0 Å². The van der Waals surface area contributed by atoms with Gasteiger partial charge in [-0.2, -0.15) is 0 Å². The molecule has 0 unspecified atom stereocenters. The van der Waals surface area contributed by atoms with Crippen LogP contribution in [0.5, 0.6) is 5.06 Å². The average molecular weight is 150 g/mol. The monoisotopic (exact) mass is 150 g/mol. The maximum absolute atomic E-state index is 9.23. The molecule has 0 saturated carbocycles. The SMILES string of the molecule is Oc1scc2ccccc12. The molecule has 10 heavy (non-hydrogen) atoms. The third-order valence-corrected chi connectivity index (χ3v) is 2.30. The minimum atomic E-state index is 0.413. The molecular formula is C8H6OS. The van der Waals surface area contributed by atoms with Crippen LogP contribution in [-0.2, 0) is 0 Å². The van der Waals surface area contributed by atoms with Crippen LogP contribution in [0.4, 0.5) is 0 Å². The highest BCUT2D eigenvalue weighted by molar-refractivity contribution is 7.13. The van der Waals surface area contributed by atoms with Crippen LogP contribution in [-0.4, -0.2) is 5.11 Å². The third-order valence-electron chi connectivity index (χ3n) is 1.49. The summed E-state index contributed by atoms with van der Waals surface area (Å²) in [6.07, 6.45) is 0. The van der Waals surface area contributed by atoms with E-state index < -0.39 is 0 Å². The highest BCUT2D eigenvalue weighted by Gasteiger charge is 1.98. The van der Waals surface area contributed by atoms with E-state index in [1.54, 1.807) is 0 Å². The molecule has 0 bridgehead atoms. The molecule has 50 valence electrons. The van der Waals surface area contributed by atoms with E-state index in [0.29, 0.717) is 5.06 Å². The first-order chi connectivity index (χ1) is 4.88. The molecule has 2 heteroatoms. The first-order valence-corrected chi connectivity index (χ1v) is 3.91. The number of hydrogen-bond acceptors (Lipinski definition) is 2. The normalized spacial score (nSPS) is 10.4. The molecule has 0 aliphatic rings. The third kappa shape index (κ3) is 0.693. The Kier molecular flexibility index (Phi) is 1.14. The Labute approximate surface area is 62.5 Å². The molecule has 0 atom stereocenters. The summed E-state index contributed by atoms with van der Waals surface area (Å²) in [6, 6.07) is 7.80. The van der Waals surface area contributed by atoms with Crippen LogP contribution in [0.2, 0.25) is 0 Å². The Balaban J connectivity index is 2.93. The number of fused-ring (bicyclic) bond motifs is 1. The second-order valence-electron chi connectivity index (χ2n) is 2.13. The zero-order valence-corrected chi connectivity index (χ0v) is 6.06. The Morgan fingerprint density at radius 1 is 1.20 bits per heavy atom. The molecule has 1 nitrogen and oxygen atoms in total. The summed E-state index contributed by atoms with van der Waals surface area (Å²) in [5.74, 6) is 0. The van der Waals surface area contributed by atoms with Gasteiger partial charge in [0.1, 0.15) is 0 Å². The summed E-state index contributed by atoms with van der Waals surface area (Å²) >= 11 is 1.37. The van der Waals surface area contributed by atoms with Crippen molar-refractivity contribution in [3.63, 3.8) is 0 Å². The Hall–Kier alpha value is -1.02. The van der Waals surface area contributed by atoms with Crippen LogP contribution in [0, 0.1) is 0 Å². The summed E-state index contributed by atoms with van der Waals surface area (Å²) in [6.45, 7) is 0. The fourth-order valence-corrected chi connectivity index (χ4v) is 1.73. The van der Waals surface area contributed by atoms with Crippen LogP contribution in [0.25, 0.3) is 10.8 Å². The van der Waals surface area contributed by atoms with Gasteiger partial charge in [0.25, 0.3) is 0 Å². The maximum atomic E-state index is 9.23. The molecule has 1 N–H and O–H groups in total. The van der Waals surface area contributed by atoms with E-state index in [2.05, 4.69) is 0 Å². The van der Waals surface area contributed by atoms with Gasteiger partial charge in [0.2, 0.25) is 0 Å². The van der Waals surface area contributed by atoms with Crippen LogP contribution in [0.15, 0.2) is 29.6 Å². The summed E-state index contributed by atoms with van der Waals surface area (Å²) in [4.78, 5) is 0. The lowest BCUT2D eigenvalue weighted by Gasteiger charge is -1.86. The summed E-state index contributed by atoms with van der Waals surface area (Å²) < 4.78 is 0. The topological polar surface area (TPSA) is 20.2 Å². The van der Waals surface area contributed by atoms with E-state index in [4.69, 9.17) is 0 Å². The highest BCUT2D eigenvalue weighted by atomic mass is 32.1. The van der Waals surface area contributed by atoms with Crippen molar-refractivity contribution in [2.75, 3.05) is 0 Å². The number of rotatable bonds is 0. The lowest BCUT2D eigenvalue weighted by atomic mass is 10.2. The summed E-state index contributed by atoms with van der Waals surface area (Å²) in [7, 11) is 0. The van der Waals surface area contributed by atoms with Crippen LogP contribution in [0.1, 0.15) is 0 Å². The van der Waals surface area contributed by atoms with Gasteiger partial charge in [-0.05, 0) is 11.5 Å². The predicted molar refractivity (Wildman–Crippen MR) is 43.5 cm³/mol.